The number of anilines is 2. The van der Waals surface area contributed by atoms with Gasteiger partial charge in [0.2, 0.25) is 5.95 Å². The van der Waals surface area contributed by atoms with Gasteiger partial charge in [0.05, 0.1) is 11.4 Å². The molecule has 31 heavy (non-hydrogen) atoms. The Hall–Kier alpha value is -2.21. The second-order valence-electron chi connectivity index (χ2n) is 7.22. The standard InChI is InChI=1S/C20H20F3N5OS2/c1-13-8-14(16-11-25-18(30-16)12-28-4-6-31(29)7-5-28)10-15(9-13)26-19-24-3-2-17(27-19)20(21,22)23/h2-3,8-11H,4-7,12H2,1H3,(H,24,26,27). The zero-order chi connectivity index (χ0) is 22.0. The minimum atomic E-state index is -4.53. The molecule has 0 bridgehead atoms. The van der Waals surface area contributed by atoms with Gasteiger partial charge in [0.1, 0.15) is 22.2 Å². The van der Waals surface area contributed by atoms with Crippen LogP contribution < -0.4 is 5.32 Å². The number of nitrogens with zero attached hydrogens (tertiary/aromatic N) is 4. The van der Waals surface area contributed by atoms with Crippen molar-refractivity contribution in [1.29, 1.82) is 0 Å². The molecule has 6 nitrogen and oxygen atoms in total. The first kappa shape index (κ1) is 22.0. The van der Waals surface area contributed by atoms with E-state index in [9.17, 15) is 17.7 Å². The summed E-state index contributed by atoms with van der Waals surface area (Å²) in [5, 5.41) is 3.84. The second-order valence-corrected chi connectivity index (χ2v) is 10.0. The maximum Gasteiger partial charge on any atom is 0.433 e. The van der Waals surface area contributed by atoms with Gasteiger partial charge in [0.25, 0.3) is 0 Å². The maximum atomic E-state index is 12.9. The van der Waals surface area contributed by atoms with E-state index in [1.54, 1.807) is 17.5 Å². The van der Waals surface area contributed by atoms with E-state index in [1.807, 2.05) is 25.1 Å². The molecule has 1 saturated heterocycles. The molecule has 0 atom stereocenters. The summed E-state index contributed by atoms with van der Waals surface area (Å²) in [6.07, 6.45) is -1.64. The number of aromatic nitrogens is 3. The number of nitrogens with one attached hydrogen (secondary N) is 1. The quantitative estimate of drug-likeness (QED) is 0.566. The van der Waals surface area contributed by atoms with Crippen molar-refractivity contribution < 1.29 is 17.7 Å². The lowest BCUT2D eigenvalue weighted by Crippen LogP contribution is -2.39. The van der Waals surface area contributed by atoms with Crippen molar-refractivity contribution in [2.75, 3.05) is 29.9 Å². The van der Waals surface area contributed by atoms with E-state index in [2.05, 4.69) is 25.2 Å². The summed E-state index contributed by atoms with van der Waals surface area (Å²) in [6, 6.07) is 6.51. The van der Waals surface area contributed by atoms with Gasteiger partial charge in [-0.25, -0.2) is 15.0 Å². The van der Waals surface area contributed by atoms with Gasteiger partial charge in [-0.2, -0.15) is 13.2 Å². The second kappa shape index (κ2) is 9.11. The Bertz CT molecular complexity index is 1050. The van der Waals surface area contributed by atoms with Gasteiger partial charge in [0.15, 0.2) is 0 Å². The van der Waals surface area contributed by atoms with Crippen LogP contribution in [0.5, 0.6) is 0 Å². The maximum absolute atomic E-state index is 12.9. The summed E-state index contributed by atoms with van der Waals surface area (Å²) in [4.78, 5) is 15.2. The van der Waals surface area contributed by atoms with Crippen molar-refractivity contribution >= 4 is 34.1 Å². The predicted molar refractivity (Wildman–Crippen MR) is 116 cm³/mol. The van der Waals surface area contributed by atoms with E-state index in [4.69, 9.17) is 0 Å². The van der Waals surface area contributed by atoms with Crippen molar-refractivity contribution in [2.45, 2.75) is 19.6 Å². The molecule has 11 heteroatoms. The molecule has 3 aromatic rings. The topological polar surface area (TPSA) is 77.0 Å². The van der Waals surface area contributed by atoms with E-state index in [1.165, 1.54) is 0 Å². The van der Waals surface area contributed by atoms with Gasteiger partial charge in [0, 0.05) is 31.2 Å². The summed E-state index contributed by atoms with van der Waals surface area (Å²) in [5.41, 5.74) is 1.47. The Morgan fingerprint density at radius 2 is 1.97 bits per heavy atom. The average molecular weight is 468 g/mol. The van der Waals surface area contributed by atoms with Crippen LogP contribution in [0.3, 0.4) is 0 Å². The van der Waals surface area contributed by atoms with E-state index in [0.29, 0.717) is 17.2 Å². The molecule has 0 radical (unpaired) electrons. The molecule has 2 aromatic heterocycles. The number of hydrogen-bond acceptors (Lipinski definition) is 7. The van der Waals surface area contributed by atoms with Crippen molar-refractivity contribution in [3.8, 4) is 10.4 Å². The highest BCUT2D eigenvalue weighted by Gasteiger charge is 2.32. The molecule has 0 spiro atoms. The number of hydrogen-bond donors (Lipinski definition) is 1. The molecular formula is C20H20F3N5OS2. The highest BCUT2D eigenvalue weighted by molar-refractivity contribution is 7.91. The fraction of sp³-hybridized carbons (Fsp3) is 0.350. The lowest BCUT2D eigenvalue weighted by atomic mass is 10.1. The van der Waals surface area contributed by atoms with Crippen LogP contribution in [-0.4, -0.2) is 49.0 Å². The number of aryl methyl sites for hydroxylation is 1. The normalized spacial score (nSPS) is 15.9. The molecule has 0 saturated carbocycles. The molecule has 0 unspecified atom stereocenters. The molecule has 1 N–H and O–H groups in total. The number of alkyl halides is 3. The smallest absolute Gasteiger partial charge is 0.433 e. The largest absolute Gasteiger partial charge is 0.616 e. The Morgan fingerprint density at radius 3 is 2.71 bits per heavy atom. The van der Waals surface area contributed by atoms with Crippen molar-refractivity contribution in [3.63, 3.8) is 0 Å². The molecule has 1 fully saturated rings. The number of rotatable bonds is 5. The Kier molecular flexibility index (Phi) is 6.47. The summed E-state index contributed by atoms with van der Waals surface area (Å²) in [7, 11) is 0. The fourth-order valence-corrected chi connectivity index (χ4v) is 5.32. The third-order valence-electron chi connectivity index (χ3n) is 4.75. The monoisotopic (exact) mass is 467 g/mol. The van der Waals surface area contributed by atoms with Crippen LogP contribution in [-0.2, 0) is 23.9 Å². The molecule has 0 aliphatic carbocycles. The summed E-state index contributed by atoms with van der Waals surface area (Å²) in [6.45, 7) is 4.24. The van der Waals surface area contributed by atoms with Crippen LogP contribution in [0.4, 0.5) is 24.8 Å². The van der Waals surface area contributed by atoms with E-state index >= 15 is 0 Å². The Morgan fingerprint density at radius 1 is 1.19 bits per heavy atom. The van der Waals surface area contributed by atoms with Crippen LogP contribution in [0.25, 0.3) is 10.4 Å². The van der Waals surface area contributed by atoms with Crippen LogP contribution >= 0.6 is 11.3 Å². The Labute approximate surface area is 184 Å². The first-order valence-electron chi connectivity index (χ1n) is 9.58. The van der Waals surface area contributed by atoms with Gasteiger partial charge in [-0.3, -0.25) is 4.90 Å². The third-order valence-corrected chi connectivity index (χ3v) is 7.05. The first-order valence-corrected chi connectivity index (χ1v) is 11.9. The average Bonchev–Trinajstić information content (AvgIpc) is 3.17. The van der Waals surface area contributed by atoms with Crippen molar-refractivity contribution in [3.05, 3.63) is 52.9 Å². The molecular weight excluding hydrogens is 447 g/mol. The van der Waals surface area contributed by atoms with Crippen LogP contribution in [0.2, 0.25) is 0 Å². The molecule has 4 rings (SSSR count). The van der Waals surface area contributed by atoms with Crippen LogP contribution in [0, 0.1) is 6.92 Å². The number of halogens is 3. The molecule has 1 aromatic carbocycles. The van der Waals surface area contributed by atoms with E-state index in [0.717, 1.165) is 52.9 Å². The van der Waals surface area contributed by atoms with Gasteiger partial charge < -0.3 is 9.87 Å². The van der Waals surface area contributed by atoms with Crippen LogP contribution in [0.1, 0.15) is 16.3 Å². The first-order chi connectivity index (χ1) is 14.8. The molecule has 1 aliphatic heterocycles. The van der Waals surface area contributed by atoms with Crippen molar-refractivity contribution in [2.24, 2.45) is 0 Å². The highest BCUT2D eigenvalue weighted by Crippen LogP contribution is 2.32. The highest BCUT2D eigenvalue weighted by atomic mass is 32.2. The lowest BCUT2D eigenvalue weighted by Gasteiger charge is -2.27. The van der Waals surface area contributed by atoms with Gasteiger partial charge in [-0.1, -0.05) is 17.2 Å². The summed E-state index contributed by atoms with van der Waals surface area (Å²) in [5.74, 6) is 1.28. The molecule has 3 heterocycles. The molecule has 1 aliphatic rings. The van der Waals surface area contributed by atoms with Gasteiger partial charge >= 0.3 is 6.18 Å². The van der Waals surface area contributed by atoms with Gasteiger partial charge in [-0.15, -0.1) is 11.3 Å². The van der Waals surface area contributed by atoms with Gasteiger partial charge in [-0.05, 0) is 36.2 Å². The summed E-state index contributed by atoms with van der Waals surface area (Å²) < 4.78 is 50.2. The van der Waals surface area contributed by atoms with E-state index < -0.39 is 23.0 Å². The summed E-state index contributed by atoms with van der Waals surface area (Å²) >= 11 is 0.863. The number of benzene rings is 1. The molecule has 164 valence electrons. The van der Waals surface area contributed by atoms with Crippen molar-refractivity contribution in [1.82, 2.24) is 19.9 Å². The predicted octanol–water partition coefficient (Wildman–Crippen LogP) is 4.24. The van der Waals surface area contributed by atoms with E-state index in [-0.39, 0.29) is 5.95 Å². The minimum Gasteiger partial charge on any atom is -0.616 e. The van der Waals surface area contributed by atoms with Crippen LogP contribution in [0.15, 0.2) is 36.7 Å². The SMILES string of the molecule is Cc1cc(Nc2nccc(C(F)(F)F)n2)cc(-c2cnc(CN3CC[S+]([O-])CC3)s2)c1. The lowest BCUT2D eigenvalue weighted by molar-refractivity contribution is -0.141. The molecule has 0 amide bonds. The minimum absolute atomic E-state index is 0.112. The zero-order valence-electron chi connectivity index (χ0n) is 16.6. The fourth-order valence-electron chi connectivity index (χ4n) is 3.25. The Balaban J connectivity index is 1.50. The third kappa shape index (κ3) is 5.73. The zero-order valence-corrected chi connectivity index (χ0v) is 18.3. The number of thiazole rings is 1.